The van der Waals surface area contributed by atoms with Gasteiger partial charge in [0, 0.05) is 10.6 Å². The largest absolute Gasteiger partial charge is 0.293 e. The fourth-order valence-electron chi connectivity index (χ4n) is 0.831. The minimum Gasteiger partial charge on any atom is -0.293 e. The van der Waals surface area contributed by atoms with E-state index in [1.165, 1.54) is 6.07 Å². The van der Waals surface area contributed by atoms with Crippen molar-refractivity contribution in [3.63, 3.8) is 0 Å². The first kappa shape index (κ1) is 11.0. The summed E-state index contributed by atoms with van der Waals surface area (Å²) in [6, 6.07) is 2.41. The Morgan fingerprint density at radius 2 is 2.08 bits per heavy atom. The number of carbonyl (C=O) groups excluding carboxylic acids is 1. The van der Waals surface area contributed by atoms with E-state index in [2.05, 4.69) is 15.9 Å². The average molecular weight is 286 g/mol. The lowest BCUT2D eigenvalue weighted by atomic mass is 10.1. The van der Waals surface area contributed by atoms with Crippen molar-refractivity contribution < 1.29 is 9.18 Å². The van der Waals surface area contributed by atoms with Crippen molar-refractivity contribution in [2.75, 3.05) is 5.33 Å². The highest BCUT2D eigenvalue weighted by Crippen LogP contribution is 2.25. The summed E-state index contributed by atoms with van der Waals surface area (Å²) in [5.41, 5.74) is 0.101. The van der Waals surface area contributed by atoms with Crippen molar-refractivity contribution >= 4 is 44.9 Å². The van der Waals surface area contributed by atoms with Crippen LogP contribution in [0.4, 0.5) is 4.39 Å². The molecule has 0 radical (unpaired) electrons. The minimum atomic E-state index is -0.682. The van der Waals surface area contributed by atoms with E-state index in [0.29, 0.717) is 0 Å². The first-order valence-corrected chi connectivity index (χ1v) is 5.17. The third kappa shape index (κ3) is 2.42. The fraction of sp³-hybridized carbons (Fsp3) is 0.125. The zero-order chi connectivity index (χ0) is 10.0. The summed E-state index contributed by atoms with van der Waals surface area (Å²) in [5, 5.41) is 0.0621. The Kier molecular flexibility index (Phi) is 3.71. The molecule has 0 saturated carbocycles. The number of halogens is 4. The van der Waals surface area contributed by atoms with Gasteiger partial charge in [-0.2, -0.15) is 0 Å². The molecule has 5 heteroatoms. The number of alkyl halides is 1. The van der Waals surface area contributed by atoms with Gasteiger partial charge in [-0.3, -0.25) is 4.79 Å². The van der Waals surface area contributed by atoms with Crippen molar-refractivity contribution in [2.45, 2.75) is 0 Å². The fourth-order valence-corrected chi connectivity index (χ4v) is 1.55. The van der Waals surface area contributed by atoms with Crippen LogP contribution in [-0.4, -0.2) is 11.1 Å². The van der Waals surface area contributed by atoms with E-state index in [-0.39, 0.29) is 26.7 Å². The topological polar surface area (TPSA) is 17.1 Å². The summed E-state index contributed by atoms with van der Waals surface area (Å²) >= 11 is 14.1. The number of hydrogen-bond donors (Lipinski definition) is 0. The number of Topliss-reactive ketones (excluding diaryl/α,β-unsaturated/α-hetero) is 1. The summed E-state index contributed by atoms with van der Waals surface area (Å²) in [6.07, 6.45) is 0. The molecule has 70 valence electrons. The summed E-state index contributed by atoms with van der Waals surface area (Å²) in [7, 11) is 0. The second-order valence-corrected chi connectivity index (χ2v) is 3.68. The van der Waals surface area contributed by atoms with Gasteiger partial charge >= 0.3 is 0 Å². The number of rotatable bonds is 2. The Morgan fingerprint density at radius 1 is 1.46 bits per heavy atom. The molecule has 0 atom stereocenters. The van der Waals surface area contributed by atoms with Gasteiger partial charge in [0.2, 0.25) is 0 Å². The van der Waals surface area contributed by atoms with Crippen LogP contribution in [0.25, 0.3) is 0 Å². The van der Waals surface area contributed by atoms with Gasteiger partial charge in [-0.05, 0) is 12.1 Å². The van der Waals surface area contributed by atoms with Gasteiger partial charge in [-0.1, -0.05) is 39.1 Å². The van der Waals surface area contributed by atoms with Gasteiger partial charge in [0.1, 0.15) is 5.82 Å². The normalized spacial score (nSPS) is 10.2. The molecule has 1 rings (SSSR count). The second kappa shape index (κ2) is 4.40. The average Bonchev–Trinajstić information content (AvgIpc) is 2.10. The van der Waals surface area contributed by atoms with Crippen LogP contribution in [0.5, 0.6) is 0 Å². The quantitative estimate of drug-likeness (QED) is 0.460. The van der Waals surface area contributed by atoms with Gasteiger partial charge in [0.05, 0.1) is 10.4 Å². The van der Waals surface area contributed by atoms with E-state index < -0.39 is 5.82 Å². The standard InChI is InChI=1S/C8H4BrCl2FO/c9-3-7(13)5-1-4(10)2-6(12)8(5)11/h1-2H,3H2. The van der Waals surface area contributed by atoms with E-state index in [1.54, 1.807) is 0 Å². The van der Waals surface area contributed by atoms with E-state index in [0.717, 1.165) is 6.07 Å². The van der Waals surface area contributed by atoms with Crippen LogP contribution < -0.4 is 0 Å². The zero-order valence-corrected chi connectivity index (χ0v) is 9.38. The van der Waals surface area contributed by atoms with Crippen LogP contribution in [0, 0.1) is 5.82 Å². The summed E-state index contributed by atoms with van der Waals surface area (Å²) in [6.45, 7) is 0. The Bertz CT molecular complexity index is 354. The molecule has 0 unspecified atom stereocenters. The number of hydrogen-bond acceptors (Lipinski definition) is 1. The Balaban J connectivity index is 3.28. The molecule has 0 aliphatic rings. The van der Waals surface area contributed by atoms with Gasteiger partial charge in [0.25, 0.3) is 0 Å². The van der Waals surface area contributed by atoms with Crippen LogP contribution >= 0.6 is 39.1 Å². The molecule has 1 aromatic rings. The third-order valence-corrected chi connectivity index (χ3v) is 2.53. The number of ketones is 1. The molecule has 1 nitrogen and oxygen atoms in total. The molecule has 0 aliphatic carbocycles. The molecule has 0 N–H and O–H groups in total. The molecule has 1 aromatic carbocycles. The van der Waals surface area contributed by atoms with Gasteiger partial charge in [-0.15, -0.1) is 0 Å². The SMILES string of the molecule is O=C(CBr)c1cc(Cl)cc(F)c1Cl. The number of benzene rings is 1. The Morgan fingerprint density at radius 3 is 2.62 bits per heavy atom. The highest BCUT2D eigenvalue weighted by atomic mass is 79.9. The molecule has 0 fully saturated rings. The monoisotopic (exact) mass is 284 g/mol. The van der Waals surface area contributed by atoms with Gasteiger partial charge in [0.15, 0.2) is 5.78 Å². The van der Waals surface area contributed by atoms with E-state index in [9.17, 15) is 9.18 Å². The van der Waals surface area contributed by atoms with Crippen LogP contribution in [0.15, 0.2) is 12.1 Å². The molecule has 0 aliphatic heterocycles. The summed E-state index contributed by atoms with van der Waals surface area (Å²) in [5.74, 6) is -0.982. The van der Waals surface area contributed by atoms with E-state index >= 15 is 0 Å². The molecular formula is C8H4BrCl2FO. The highest BCUT2D eigenvalue weighted by molar-refractivity contribution is 9.09. The van der Waals surface area contributed by atoms with Crippen molar-refractivity contribution in [3.8, 4) is 0 Å². The molecule has 13 heavy (non-hydrogen) atoms. The van der Waals surface area contributed by atoms with E-state index in [4.69, 9.17) is 23.2 Å². The van der Waals surface area contributed by atoms with Gasteiger partial charge < -0.3 is 0 Å². The molecule has 0 spiro atoms. The molecule has 0 heterocycles. The van der Waals surface area contributed by atoms with Gasteiger partial charge in [-0.25, -0.2) is 4.39 Å². The predicted molar refractivity (Wildman–Crippen MR) is 54.5 cm³/mol. The minimum absolute atomic E-state index is 0.0898. The zero-order valence-electron chi connectivity index (χ0n) is 6.28. The molecule has 0 bridgehead atoms. The Labute approximate surface area is 93.0 Å². The van der Waals surface area contributed by atoms with Crippen molar-refractivity contribution in [1.29, 1.82) is 0 Å². The summed E-state index contributed by atoms with van der Waals surface area (Å²) < 4.78 is 13.0. The van der Waals surface area contributed by atoms with Crippen LogP contribution in [0.3, 0.4) is 0 Å². The van der Waals surface area contributed by atoms with Crippen LogP contribution in [0.1, 0.15) is 10.4 Å². The second-order valence-electron chi connectivity index (χ2n) is 2.31. The maximum Gasteiger partial charge on any atom is 0.175 e. The molecule has 0 amide bonds. The summed E-state index contributed by atoms with van der Waals surface area (Å²) in [4.78, 5) is 11.2. The van der Waals surface area contributed by atoms with E-state index in [1.807, 2.05) is 0 Å². The maximum absolute atomic E-state index is 13.0. The van der Waals surface area contributed by atoms with Crippen molar-refractivity contribution in [1.82, 2.24) is 0 Å². The van der Waals surface area contributed by atoms with Crippen LogP contribution in [-0.2, 0) is 0 Å². The van der Waals surface area contributed by atoms with Crippen LogP contribution in [0.2, 0.25) is 10.0 Å². The van der Waals surface area contributed by atoms with Crippen molar-refractivity contribution in [3.05, 3.63) is 33.6 Å². The third-order valence-electron chi connectivity index (χ3n) is 1.41. The lowest BCUT2D eigenvalue weighted by molar-refractivity contribution is 0.102. The molecule has 0 aromatic heterocycles. The van der Waals surface area contributed by atoms with Crippen molar-refractivity contribution in [2.24, 2.45) is 0 Å². The molecule has 0 saturated heterocycles. The predicted octanol–water partition coefficient (Wildman–Crippen LogP) is 3.71. The Hall–Kier alpha value is -0.120. The smallest absolute Gasteiger partial charge is 0.175 e. The molecular weight excluding hydrogens is 282 g/mol. The lowest BCUT2D eigenvalue weighted by Crippen LogP contribution is -2.02. The first-order valence-electron chi connectivity index (χ1n) is 3.30. The number of carbonyl (C=O) groups is 1. The lowest BCUT2D eigenvalue weighted by Gasteiger charge is -2.02. The first-order chi connectivity index (χ1) is 6.06. The maximum atomic E-state index is 13.0. The highest BCUT2D eigenvalue weighted by Gasteiger charge is 2.13.